The van der Waals surface area contributed by atoms with Gasteiger partial charge in [-0.3, -0.25) is 4.79 Å². The van der Waals surface area contributed by atoms with Gasteiger partial charge in [0.25, 0.3) is 0 Å². The fourth-order valence-electron chi connectivity index (χ4n) is 5.17. The summed E-state index contributed by atoms with van der Waals surface area (Å²) in [6, 6.07) is 15.3. The predicted molar refractivity (Wildman–Crippen MR) is 123 cm³/mol. The van der Waals surface area contributed by atoms with Crippen LogP contribution in [0.3, 0.4) is 0 Å². The minimum atomic E-state index is -3.40. The normalized spacial score (nSPS) is 22.5. The van der Waals surface area contributed by atoms with Crippen molar-refractivity contribution in [3.63, 3.8) is 0 Å². The van der Waals surface area contributed by atoms with Crippen molar-refractivity contribution in [3.05, 3.63) is 65.2 Å². The molecule has 6 nitrogen and oxygen atoms in total. The van der Waals surface area contributed by atoms with Crippen molar-refractivity contribution < 1.29 is 22.7 Å². The van der Waals surface area contributed by atoms with Crippen molar-refractivity contribution >= 4 is 16.0 Å². The SMILES string of the molecule is COC(=O)C1CCC2(CCc3ccc(OCCNS(=O)(=O)Cc4ccccc4)cc32)CC1. The summed E-state index contributed by atoms with van der Waals surface area (Å²) in [4.78, 5) is 11.9. The second-order valence-corrected chi connectivity index (χ2v) is 10.7. The second kappa shape index (κ2) is 9.63. The standard InChI is InChI=1S/C25H31NO5S/c1-30-24(27)21-10-13-25(14-11-21)12-9-20-7-8-22(17-23(20)25)31-16-15-26-32(28,29)18-19-5-3-2-4-6-19/h2-8,17,21,26H,9-16,18H2,1H3. The molecular formula is C25H31NO5S. The Morgan fingerprint density at radius 1 is 1.09 bits per heavy atom. The summed E-state index contributed by atoms with van der Waals surface area (Å²) in [6.07, 6.45) is 5.86. The molecule has 2 aromatic rings. The number of hydrogen-bond donors (Lipinski definition) is 1. The van der Waals surface area contributed by atoms with E-state index in [1.807, 2.05) is 24.3 Å². The van der Waals surface area contributed by atoms with Gasteiger partial charge in [0.2, 0.25) is 10.0 Å². The highest BCUT2D eigenvalue weighted by Gasteiger charge is 2.43. The Hall–Kier alpha value is -2.38. The smallest absolute Gasteiger partial charge is 0.308 e. The zero-order valence-electron chi connectivity index (χ0n) is 18.5. The minimum Gasteiger partial charge on any atom is -0.492 e. The molecule has 0 radical (unpaired) electrons. The zero-order chi connectivity index (χ0) is 22.6. The lowest BCUT2D eigenvalue weighted by atomic mass is 9.67. The molecule has 2 aromatic carbocycles. The predicted octanol–water partition coefficient (Wildman–Crippen LogP) is 3.73. The molecule has 32 heavy (non-hydrogen) atoms. The Morgan fingerprint density at radius 3 is 2.56 bits per heavy atom. The molecular weight excluding hydrogens is 426 g/mol. The van der Waals surface area contributed by atoms with Crippen molar-refractivity contribution in [3.8, 4) is 5.75 Å². The van der Waals surface area contributed by atoms with Crippen LogP contribution >= 0.6 is 0 Å². The Morgan fingerprint density at radius 2 is 1.84 bits per heavy atom. The van der Waals surface area contributed by atoms with Gasteiger partial charge in [0.1, 0.15) is 12.4 Å². The molecule has 0 unspecified atom stereocenters. The van der Waals surface area contributed by atoms with Crippen molar-refractivity contribution in [2.75, 3.05) is 20.3 Å². The van der Waals surface area contributed by atoms with E-state index in [2.05, 4.69) is 16.9 Å². The maximum Gasteiger partial charge on any atom is 0.308 e. The van der Waals surface area contributed by atoms with E-state index in [9.17, 15) is 13.2 Å². The van der Waals surface area contributed by atoms with Crippen molar-refractivity contribution in [1.82, 2.24) is 4.72 Å². The summed E-state index contributed by atoms with van der Waals surface area (Å²) in [5.74, 6) is 0.646. The molecule has 1 N–H and O–H groups in total. The average Bonchev–Trinajstić information content (AvgIpc) is 3.14. The molecule has 2 aliphatic rings. The number of nitrogens with one attached hydrogen (secondary N) is 1. The van der Waals surface area contributed by atoms with Gasteiger partial charge in [-0.2, -0.15) is 0 Å². The van der Waals surface area contributed by atoms with Gasteiger partial charge in [0.15, 0.2) is 0 Å². The first-order valence-electron chi connectivity index (χ1n) is 11.3. The van der Waals surface area contributed by atoms with Crippen LogP contribution in [0.5, 0.6) is 5.75 Å². The van der Waals surface area contributed by atoms with Gasteiger partial charge in [0.05, 0.1) is 18.8 Å². The van der Waals surface area contributed by atoms with Crippen molar-refractivity contribution in [1.29, 1.82) is 0 Å². The van der Waals surface area contributed by atoms with Gasteiger partial charge in [-0.15, -0.1) is 0 Å². The molecule has 0 saturated heterocycles. The molecule has 1 fully saturated rings. The Bertz CT molecular complexity index is 1040. The molecule has 2 aliphatic carbocycles. The van der Waals surface area contributed by atoms with E-state index in [1.54, 1.807) is 12.1 Å². The van der Waals surface area contributed by atoms with Gasteiger partial charge in [0, 0.05) is 6.54 Å². The third-order valence-electron chi connectivity index (χ3n) is 6.90. The van der Waals surface area contributed by atoms with E-state index in [0.29, 0.717) is 0 Å². The molecule has 0 aliphatic heterocycles. The Balaban J connectivity index is 1.32. The van der Waals surface area contributed by atoms with Crippen LogP contribution in [0.4, 0.5) is 0 Å². The van der Waals surface area contributed by atoms with E-state index in [0.717, 1.165) is 49.8 Å². The number of carbonyl (C=O) groups excluding carboxylic acids is 1. The van der Waals surface area contributed by atoms with Crippen molar-refractivity contribution in [2.24, 2.45) is 5.92 Å². The van der Waals surface area contributed by atoms with Crippen LogP contribution in [-0.4, -0.2) is 34.6 Å². The summed E-state index contributed by atoms with van der Waals surface area (Å²) < 4.78 is 38.0. The van der Waals surface area contributed by atoms with Gasteiger partial charge in [-0.1, -0.05) is 36.4 Å². The number of esters is 1. The topological polar surface area (TPSA) is 81.7 Å². The number of ether oxygens (including phenoxy) is 2. The summed E-state index contributed by atoms with van der Waals surface area (Å²) in [5.41, 5.74) is 3.57. The minimum absolute atomic E-state index is 0.0121. The van der Waals surface area contributed by atoms with Crippen LogP contribution in [-0.2, 0) is 37.1 Å². The quantitative estimate of drug-likeness (QED) is 0.483. The van der Waals surface area contributed by atoms with E-state index in [-0.39, 0.29) is 36.2 Å². The van der Waals surface area contributed by atoms with Gasteiger partial charge in [-0.05, 0) is 72.8 Å². The Labute approximate surface area is 190 Å². The highest BCUT2D eigenvalue weighted by Crippen LogP contribution is 2.50. The molecule has 1 saturated carbocycles. The maximum absolute atomic E-state index is 12.3. The zero-order valence-corrected chi connectivity index (χ0v) is 19.3. The van der Waals surface area contributed by atoms with E-state index < -0.39 is 10.0 Å². The number of aryl methyl sites for hydroxylation is 1. The highest BCUT2D eigenvalue weighted by atomic mass is 32.2. The third kappa shape index (κ3) is 5.15. The van der Waals surface area contributed by atoms with Crippen LogP contribution in [0.25, 0.3) is 0 Å². The summed E-state index contributed by atoms with van der Waals surface area (Å²) in [6.45, 7) is 0.489. The number of methoxy groups -OCH3 is 1. The maximum atomic E-state index is 12.3. The molecule has 172 valence electrons. The van der Waals surface area contributed by atoms with Crippen LogP contribution in [0.2, 0.25) is 0 Å². The van der Waals surface area contributed by atoms with Crippen LogP contribution in [0, 0.1) is 5.92 Å². The fraction of sp³-hybridized carbons (Fsp3) is 0.480. The fourth-order valence-corrected chi connectivity index (χ4v) is 6.30. The lowest BCUT2D eigenvalue weighted by Crippen LogP contribution is -2.32. The lowest BCUT2D eigenvalue weighted by molar-refractivity contribution is -0.147. The number of benzene rings is 2. The highest BCUT2D eigenvalue weighted by molar-refractivity contribution is 7.88. The monoisotopic (exact) mass is 457 g/mol. The third-order valence-corrected chi connectivity index (χ3v) is 8.25. The van der Waals surface area contributed by atoms with Gasteiger partial charge < -0.3 is 9.47 Å². The lowest BCUT2D eigenvalue weighted by Gasteiger charge is -2.37. The molecule has 0 heterocycles. The molecule has 0 aromatic heterocycles. The molecule has 7 heteroatoms. The van der Waals surface area contributed by atoms with Gasteiger partial charge in [-0.25, -0.2) is 13.1 Å². The van der Waals surface area contributed by atoms with Gasteiger partial charge >= 0.3 is 5.97 Å². The molecule has 0 atom stereocenters. The van der Waals surface area contributed by atoms with Crippen LogP contribution in [0.15, 0.2) is 48.5 Å². The molecule has 0 amide bonds. The molecule has 0 bridgehead atoms. The number of fused-ring (bicyclic) bond motifs is 2. The first-order valence-corrected chi connectivity index (χ1v) is 12.9. The number of carbonyl (C=O) groups is 1. The summed E-state index contributed by atoms with van der Waals surface area (Å²) in [5, 5.41) is 0. The first kappa shape index (κ1) is 22.8. The number of rotatable bonds is 8. The largest absolute Gasteiger partial charge is 0.492 e. The van der Waals surface area contributed by atoms with Crippen molar-refractivity contribution in [2.45, 2.75) is 49.7 Å². The average molecular weight is 458 g/mol. The van der Waals surface area contributed by atoms with Crippen LogP contribution < -0.4 is 9.46 Å². The first-order chi connectivity index (χ1) is 15.4. The summed E-state index contributed by atoms with van der Waals surface area (Å²) in [7, 11) is -1.94. The second-order valence-electron chi connectivity index (χ2n) is 8.88. The number of hydrogen-bond acceptors (Lipinski definition) is 5. The van der Waals surface area contributed by atoms with E-state index >= 15 is 0 Å². The molecule has 4 rings (SSSR count). The van der Waals surface area contributed by atoms with E-state index in [4.69, 9.17) is 9.47 Å². The number of sulfonamides is 1. The Kier molecular flexibility index (Phi) is 6.86. The molecule has 1 spiro atoms. The van der Waals surface area contributed by atoms with E-state index in [1.165, 1.54) is 18.2 Å². The van der Waals surface area contributed by atoms with Crippen LogP contribution in [0.1, 0.15) is 48.8 Å². The summed E-state index contributed by atoms with van der Waals surface area (Å²) >= 11 is 0.